The number of ether oxygens (including phenoxy) is 2. The van der Waals surface area contributed by atoms with Gasteiger partial charge in [0.1, 0.15) is 11.9 Å². The zero-order valence-corrected chi connectivity index (χ0v) is 20.6. The molecule has 178 valence electrons. The van der Waals surface area contributed by atoms with Crippen molar-refractivity contribution in [2.75, 3.05) is 7.11 Å². The van der Waals surface area contributed by atoms with Crippen molar-refractivity contribution in [2.45, 2.75) is 29.7 Å². The monoisotopic (exact) mass is 484 g/mol. The molecular weight excluding hydrogens is 456 g/mol. The van der Waals surface area contributed by atoms with Gasteiger partial charge in [0, 0.05) is 17.3 Å². The SMILES string of the molecule is COc1cc(C(C)NC(=O)C(Sc2ccccc2)c2ccccc2)ccc1OCc1ccncc1. The molecule has 3 aromatic carbocycles. The lowest BCUT2D eigenvalue weighted by Gasteiger charge is -2.21. The summed E-state index contributed by atoms with van der Waals surface area (Å²) < 4.78 is 11.5. The molecule has 5 nitrogen and oxygen atoms in total. The minimum atomic E-state index is -0.370. The summed E-state index contributed by atoms with van der Waals surface area (Å²) in [5, 5.41) is 2.81. The maximum atomic E-state index is 13.4. The van der Waals surface area contributed by atoms with E-state index in [-0.39, 0.29) is 17.2 Å². The smallest absolute Gasteiger partial charge is 0.238 e. The van der Waals surface area contributed by atoms with Gasteiger partial charge in [-0.05, 0) is 60.0 Å². The summed E-state index contributed by atoms with van der Waals surface area (Å²) in [6.07, 6.45) is 3.48. The Morgan fingerprint density at radius 1 is 0.886 bits per heavy atom. The summed E-state index contributed by atoms with van der Waals surface area (Å²) >= 11 is 1.54. The second-order valence-corrected chi connectivity index (χ2v) is 9.18. The van der Waals surface area contributed by atoms with Crippen LogP contribution in [0, 0.1) is 0 Å². The molecule has 0 bridgehead atoms. The average molecular weight is 485 g/mol. The highest BCUT2D eigenvalue weighted by molar-refractivity contribution is 8.00. The molecule has 0 spiro atoms. The topological polar surface area (TPSA) is 60.5 Å². The van der Waals surface area contributed by atoms with Gasteiger partial charge in [0.15, 0.2) is 11.5 Å². The number of amides is 1. The van der Waals surface area contributed by atoms with E-state index in [1.54, 1.807) is 31.3 Å². The minimum absolute atomic E-state index is 0.0467. The standard InChI is InChI=1S/C29H28N2O3S/c1-21(24-13-14-26(27(19-24)33-2)34-20-22-15-17-30-18-16-22)31-29(32)28(23-9-5-3-6-10-23)35-25-11-7-4-8-12-25/h3-19,21,28H,20H2,1-2H3,(H,31,32). The first-order valence-electron chi connectivity index (χ1n) is 11.4. The number of carbonyl (C=O) groups excluding carboxylic acids is 1. The highest BCUT2D eigenvalue weighted by Crippen LogP contribution is 2.36. The quantitative estimate of drug-likeness (QED) is 0.265. The molecule has 1 heterocycles. The van der Waals surface area contributed by atoms with Crippen LogP contribution in [-0.2, 0) is 11.4 Å². The lowest BCUT2D eigenvalue weighted by molar-refractivity contribution is -0.121. The van der Waals surface area contributed by atoms with Crippen molar-refractivity contribution in [3.8, 4) is 11.5 Å². The first-order chi connectivity index (χ1) is 17.1. The van der Waals surface area contributed by atoms with Crippen molar-refractivity contribution in [2.24, 2.45) is 0 Å². The zero-order chi connectivity index (χ0) is 24.5. The molecule has 0 aliphatic heterocycles. The zero-order valence-electron chi connectivity index (χ0n) is 19.8. The summed E-state index contributed by atoms with van der Waals surface area (Å²) in [5.41, 5.74) is 2.92. The lowest BCUT2D eigenvalue weighted by atomic mass is 10.1. The summed E-state index contributed by atoms with van der Waals surface area (Å²) in [5.74, 6) is 1.22. The van der Waals surface area contributed by atoms with Crippen LogP contribution in [0.25, 0.3) is 0 Å². The second-order valence-electron chi connectivity index (χ2n) is 8.01. The fraction of sp³-hybridized carbons (Fsp3) is 0.172. The Morgan fingerprint density at radius 2 is 1.57 bits per heavy atom. The van der Waals surface area contributed by atoms with Gasteiger partial charge < -0.3 is 14.8 Å². The third-order valence-corrected chi connectivity index (χ3v) is 6.79. The van der Waals surface area contributed by atoms with E-state index in [1.165, 1.54) is 0 Å². The largest absolute Gasteiger partial charge is 0.493 e. The molecule has 0 radical (unpaired) electrons. The Bertz CT molecular complexity index is 1220. The summed E-state index contributed by atoms with van der Waals surface area (Å²) in [6.45, 7) is 2.39. The molecular formula is C29H28N2O3S. The number of hydrogen-bond donors (Lipinski definition) is 1. The molecule has 2 unspecified atom stereocenters. The Balaban J connectivity index is 1.47. The van der Waals surface area contributed by atoms with Gasteiger partial charge in [-0.15, -0.1) is 11.8 Å². The number of hydrogen-bond acceptors (Lipinski definition) is 5. The van der Waals surface area contributed by atoms with Crippen molar-refractivity contribution in [3.05, 3.63) is 120 Å². The number of benzene rings is 3. The Kier molecular flexibility index (Phi) is 8.41. The molecule has 2 atom stereocenters. The first kappa shape index (κ1) is 24.4. The van der Waals surface area contributed by atoms with E-state index in [0.29, 0.717) is 18.1 Å². The fourth-order valence-corrected chi connectivity index (χ4v) is 4.68. The summed E-state index contributed by atoms with van der Waals surface area (Å²) in [6, 6.07) is 29.2. The van der Waals surface area contributed by atoms with Crippen LogP contribution in [0.4, 0.5) is 0 Å². The molecule has 4 rings (SSSR count). The van der Waals surface area contributed by atoms with Gasteiger partial charge >= 0.3 is 0 Å². The number of rotatable bonds is 10. The van der Waals surface area contributed by atoms with Crippen LogP contribution in [-0.4, -0.2) is 18.0 Å². The predicted molar refractivity (Wildman–Crippen MR) is 140 cm³/mol. The molecule has 35 heavy (non-hydrogen) atoms. The van der Waals surface area contributed by atoms with Gasteiger partial charge in [-0.25, -0.2) is 0 Å². The van der Waals surface area contributed by atoms with Crippen molar-refractivity contribution < 1.29 is 14.3 Å². The third-order valence-electron chi connectivity index (χ3n) is 5.53. The first-order valence-corrected chi connectivity index (χ1v) is 12.3. The van der Waals surface area contributed by atoms with Gasteiger partial charge in [0.25, 0.3) is 0 Å². The van der Waals surface area contributed by atoms with Crippen molar-refractivity contribution in [1.29, 1.82) is 0 Å². The van der Waals surface area contributed by atoms with E-state index in [4.69, 9.17) is 9.47 Å². The van der Waals surface area contributed by atoms with Crippen LogP contribution >= 0.6 is 11.8 Å². The molecule has 0 aliphatic carbocycles. The van der Waals surface area contributed by atoms with Gasteiger partial charge in [0.2, 0.25) is 5.91 Å². The van der Waals surface area contributed by atoms with E-state index in [1.807, 2.05) is 97.9 Å². The van der Waals surface area contributed by atoms with Crippen LogP contribution < -0.4 is 14.8 Å². The minimum Gasteiger partial charge on any atom is -0.493 e. The number of nitrogens with one attached hydrogen (secondary N) is 1. The summed E-state index contributed by atoms with van der Waals surface area (Å²) in [4.78, 5) is 18.5. The number of carbonyl (C=O) groups is 1. The Morgan fingerprint density at radius 3 is 2.26 bits per heavy atom. The normalized spacial score (nSPS) is 12.4. The van der Waals surface area contributed by atoms with Gasteiger partial charge in [-0.3, -0.25) is 9.78 Å². The second kappa shape index (κ2) is 12.1. The summed E-state index contributed by atoms with van der Waals surface area (Å²) in [7, 11) is 1.61. The van der Waals surface area contributed by atoms with E-state index >= 15 is 0 Å². The third kappa shape index (κ3) is 6.64. The maximum absolute atomic E-state index is 13.4. The maximum Gasteiger partial charge on any atom is 0.238 e. The number of pyridine rings is 1. The van der Waals surface area contributed by atoms with E-state index in [2.05, 4.69) is 10.3 Å². The van der Waals surface area contributed by atoms with Crippen LogP contribution in [0.15, 0.2) is 108 Å². The molecule has 0 saturated heterocycles. The number of thioether (sulfide) groups is 1. The van der Waals surface area contributed by atoms with Crippen molar-refractivity contribution in [1.82, 2.24) is 10.3 Å². The lowest BCUT2D eigenvalue weighted by Crippen LogP contribution is -2.30. The molecule has 6 heteroatoms. The molecule has 4 aromatic rings. The van der Waals surface area contributed by atoms with Gasteiger partial charge in [0.05, 0.1) is 13.2 Å². The highest BCUT2D eigenvalue weighted by atomic mass is 32.2. The molecule has 0 saturated carbocycles. The van der Waals surface area contributed by atoms with Gasteiger partial charge in [-0.1, -0.05) is 54.6 Å². The molecule has 1 amide bonds. The van der Waals surface area contributed by atoms with Crippen LogP contribution in [0.1, 0.15) is 34.9 Å². The highest BCUT2D eigenvalue weighted by Gasteiger charge is 2.24. The van der Waals surface area contributed by atoms with Crippen LogP contribution in [0.2, 0.25) is 0 Å². The van der Waals surface area contributed by atoms with E-state index in [0.717, 1.165) is 21.6 Å². The molecule has 0 aliphatic rings. The molecule has 0 fully saturated rings. The molecule has 1 aromatic heterocycles. The molecule has 1 N–H and O–H groups in total. The van der Waals surface area contributed by atoms with Crippen molar-refractivity contribution >= 4 is 17.7 Å². The Hall–Kier alpha value is -3.77. The van der Waals surface area contributed by atoms with Crippen LogP contribution in [0.5, 0.6) is 11.5 Å². The average Bonchev–Trinajstić information content (AvgIpc) is 2.92. The van der Waals surface area contributed by atoms with Crippen molar-refractivity contribution in [3.63, 3.8) is 0 Å². The van der Waals surface area contributed by atoms with E-state index < -0.39 is 0 Å². The fourth-order valence-electron chi connectivity index (χ4n) is 3.62. The Labute approximate surface area is 210 Å². The number of methoxy groups -OCH3 is 1. The van der Waals surface area contributed by atoms with Gasteiger partial charge in [-0.2, -0.15) is 0 Å². The predicted octanol–water partition coefficient (Wildman–Crippen LogP) is 6.38. The number of aromatic nitrogens is 1. The van der Waals surface area contributed by atoms with E-state index in [9.17, 15) is 4.79 Å². The number of nitrogens with zero attached hydrogens (tertiary/aromatic N) is 1. The van der Waals surface area contributed by atoms with Crippen LogP contribution in [0.3, 0.4) is 0 Å².